The number of rotatable bonds is 4. The number of hydrogen-bond donors (Lipinski definition) is 2. The average Bonchev–Trinajstić information content (AvgIpc) is 2.34. The van der Waals surface area contributed by atoms with Crippen molar-refractivity contribution in [3.8, 4) is 0 Å². The van der Waals surface area contributed by atoms with Crippen LogP contribution in [0.15, 0.2) is 22.7 Å². The van der Waals surface area contributed by atoms with Gasteiger partial charge in [0.05, 0.1) is 13.7 Å². The minimum absolute atomic E-state index is 0.180. The van der Waals surface area contributed by atoms with Crippen LogP contribution in [0.25, 0.3) is 0 Å². The van der Waals surface area contributed by atoms with Crippen molar-refractivity contribution >= 4 is 27.8 Å². The summed E-state index contributed by atoms with van der Waals surface area (Å²) < 4.78 is 5.22. The third kappa shape index (κ3) is 3.82. The van der Waals surface area contributed by atoms with E-state index in [1.54, 1.807) is 19.1 Å². The molecular formula is C12H14BrNO4. The lowest BCUT2D eigenvalue weighted by atomic mass is 10.1. The van der Waals surface area contributed by atoms with Crippen LogP contribution in [0.4, 0.5) is 0 Å². The number of carbonyl (C=O) groups excluding carboxylic acids is 2. The zero-order valence-electron chi connectivity index (χ0n) is 10.1. The average molecular weight is 316 g/mol. The third-order valence-electron chi connectivity index (χ3n) is 2.36. The molecule has 0 heterocycles. The quantitative estimate of drug-likeness (QED) is 0.813. The van der Waals surface area contributed by atoms with Gasteiger partial charge in [-0.15, -0.1) is 0 Å². The van der Waals surface area contributed by atoms with Crippen molar-refractivity contribution in [2.45, 2.75) is 13.0 Å². The number of ether oxygens (including phenoxy) is 1. The van der Waals surface area contributed by atoms with Crippen LogP contribution in [0.1, 0.15) is 15.9 Å². The number of aliphatic hydroxyl groups excluding tert-OH is 1. The van der Waals surface area contributed by atoms with Gasteiger partial charge in [0.15, 0.2) is 6.10 Å². The van der Waals surface area contributed by atoms with Crippen LogP contribution >= 0.6 is 15.9 Å². The van der Waals surface area contributed by atoms with Crippen molar-refractivity contribution in [1.82, 2.24) is 5.32 Å². The summed E-state index contributed by atoms with van der Waals surface area (Å²) in [6.07, 6.45) is -1.35. The first-order valence-electron chi connectivity index (χ1n) is 5.26. The molecule has 1 aromatic rings. The number of nitrogens with one attached hydrogen (secondary N) is 1. The van der Waals surface area contributed by atoms with Gasteiger partial charge in [0.2, 0.25) is 0 Å². The van der Waals surface area contributed by atoms with Crippen LogP contribution in [0.5, 0.6) is 0 Å². The Morgan fingerprint density at radius 2 is 2.17 bits per heavy atom. The van der Waals surface area contributed by atoms with Gasteiger partial charge in [-0.2, -0.15) is 0 Å². The lowest BCUT2D eigenvalue weighted by Crippen LogP contribution is -2.37. The van der Waals surface area contributed by atoms with Gasteiger partial charge < -0.3 is 15.2 Å². The van der Waals surface area contributed by atoms with Crippen LogP contribution in [0.3, 0.4) is 0 Å². The van der Waals surface area contributed by atoms with Gasteiger partial charge in [-0.1, -0.05) is 15.9 Å². The zero-order valence-corrected chi connectivity index (χ0v) is 11.7. The molecular weight excluding hydrogens is 302 g/mol. The summed E-state index contributed by atoms with van der Waals surface area (Å²) in [6, 6.07) is 5.23. The second-order valence-corrected chi connectivity index (χ2v) is 4.62. The number of methoxy groups -OCH3 is 1. The number of halogens is 1. The maximum Gasteiger partial charge on any atom is 0.336 e. The molecule has 18 heavy (non-hydrogen) atoms. The Labute approximate surface area is 113 Å². The fraction of sp³-hybridized carbons (Fsp3) is 0.333. The molecule has 0 aromatic heterocycles. The molecule has 0 spiro atoms. The van der Waals surface area contributed by atoms with E-state index in [0.717, 1.165) is 10.0 Å². The van der Waals surface area contributed by atoms with Crippen molar-refractivity contribution in [2.24, 2.45) is 0 Å². The Balaban J connectivity index is 2.63. The van der Waals surface area contributed by atoms with E-state index in [1.165, 1.54) is 7.11 Å². The number of aliphatic hydroxyl groups is 1. The molecule has 0 bridgehead atoms. The second-order valence-electron chi connectivity index (χ2n) is 3.71. The van der Waals surface area contributed by atoms with Gasteiger partial charge in [-0.25, -0.2) is 4.79 Å². The summed E-state index contributed by atoms with van der Waals surface area (Å²) in [5, 5.41) is 11.8. The summed E-state index contributed by atoms with van der Waals surface area (Å²) in [7, 11) is 1.17. The lowest BCUT2D eigenvalue weighted by Gasteiger charge is -2.11. The number of aryl methyl sites for hydroxylation is 1. The predicted molar refractivity (Wildman–Crippen MR) is 69.2 cm³/mol. The van der Waals surface area contributed by atoms with Gasteiger partial charge >= 0.3 is 5.97 Å². The Morgan fingerprint density at radius 3 is 2.72 bits per heavy atom. The van der Waals surface area contributed by atoms with Gasteiger partial charge in [-0.3, -0.25) is 4.79 Å². The number of esters is 1. The van der Waals surface area contributed by atoms with Crippen LogP contribution in [0.2, 0.25) is 0 Å². The fourth-order valence-corrected chi connectivity index (χ4v) is 1.86. The van der Waals surface area contributed by atoms with E-state index in [0.29, 0.717) is 5.56 Å². The summed E-state index contributed by atoms with van der Waals surface area (Å²) in [6.45, 7) is 1.62. The Hall–Kier alpha value is -1.40. The smallest absolute Gasteiger partial charge is 0.336 e. The molecule has 0 saturated carbocycles. The maximum absolute atomic E-state index is 11.8. The largest absolute Gasteiger partial charge is 0.467 e. The molecule has 1 amide bonds. The number of hydrogen-bond acceptors (Lipinski definition) is 4. The van der Waals surface area contributed by atoms with Crippen LogP contribution < -0.4 is 5.32 Å². The molecule has 1 aromatic carbocycles. The van der Waals surface area contributed by atoms with E-state index < -0.39 is 12.1 Å². The Kier molecular flexibility index (Phi) is 5.30. The summed E-state index contributed by atoms with van der Waals surface area (Å²) >= 11 is 3.30. The topological polar surface area (TPSA) is 75.6 Å². The SMILES string of the molecule is COC(=O)C(O)CNC(=O)c1ccc(Br)cc1C. The molecule has 0 aliphatic heterocycles. The van der Waals surface area contributed by atoms with Crippen molar-refractivity contribution in [1.29, 1.82) is 0 Å². The molecule has 5 nitrogen and oxygen atoms in total. The standard InChI is InChI=1S/C12H14BrNO4/c1-7-5-8(13)3-4-9(7)11(16)14-6-10(15)12(17)18-2/h3-5,10,15H,6H2,1-2H3,(H,14,16). The molecule has 0 aliphatic carbocycles. The Morgan fingerprint density at radius 1 is 1.50 bits per heavy atom. The molecule has 0 fully saturated rings. The van der Waals surface area contributed by atoms with E-state index in [4.69, 9.17) is 0 Å². The first-order chi connectivity index (χ1) is 8.45. The molecule has 1 atom stereocenters. The van der Waals surface area contributed by atoms with Crippen molar-refractivity contribution in [3.63, 3.8) is 0 Å². The zero-order chi connectivity index (χ0) is 13.7. The van der Waals surface area contributed by atoms with E-state index >= 15 is 0 Å². The lowest BCUT2D eigenvalue weighted by molar-refractivity contribution is -0.149. The van der Waals surface area contributed by atoms with Crippen LogP contribution in [0, 0.1) is 6.92 Å². The Bertz CT molecular complexity index is 461. The van der Waals surface area contributed by atoms with Crippen LogP contribution in [-0.4, -0.2) is 36.7 Å². The number of carbonyl (C=O) groups is 2. The van der Waals surface area contributed by atoms with E-state index in [2.05, 4.69) is 26.0 Å². The highest BCUT2D eigenvalue weighted by Crippen LogP contribution is 2.15. The molecule has 1 rings (SSSR count). The van der Waals surface area contributed by atoms with Gasteiger partial charge in [-0.05, 0) is 30.7 Å². The minimum Gasteiger partial charge on any atom is -0.467 e. The normalized spacial score (nSPS) is 11.8. The number of amides is 1. The summed E-state index contributed by atoms with van der Waals surface area (Å²) in [5.74, 6) is -1.12. The van der Waals surface area contributed by atoms with Gasteiger partial charge in [0.1, 0.15) is 0 Å². The number of benzene rings is 1. The first kappa shape index (κ1) is 14.7. The van der Waals surface area contributed by atoms with Crippen molar-refractivity contribution in [2.75, 3.05) is 13.7 Å². The van der Waals surface area contributed by atoms with Gasteiger partial charge in [0, 0.05) is 10.0 Å². The van der Waals surface area contributed by atoms with E-state index in [9.17, 15) is 14.7 Å². The summed E-state index contributed by atoms with van der Waals surface area (Å²) in [4.78, 5) is 22.7. The first-order valence-corrected chi connectivity index (χ1v) is 6.05. The van der Waals surface area contributed by atoms with Crippen LogP contribution in [-0.2, 0) is 9.53 Å². The molecule has 98 valence electrons. The molecule has 2 N–H and O–H groups in total. The summed E-state index contributed by atoms with van der Waals surface area (Å²) in [5.41, 5.74) is 1.30. The highest BCUT2D eigenvalue weighted by molar-refractivity contribution is 9.10. The molecule has 6 heteroatoms. The van der Waals surface area contributed by atoms with Crippen molar-refractivity contribution < 1.29 is 19.4 Å². The maximum atomic E-state index is 11.8. The molecule has 0 aliphatic rings. The molecule has 0 saturated heterocycles. The predicted octanol–water partition coefficient (Wildman–Crippen LogP) is 1.02. The van der Waals surface area contributed by atoms with Crippen molar-refractivity contribution in [3.05, 3.63) is 33.8 Å². The highest BCUT2D eigenvalue weighted by Gasteiger charge is 2.17. The minimum atomic E-state index is -1.35. The monoisotopic (exact) mass is 315 g/mol. The van der Waals surface area contributed by atoms with E-state index in [-0.39, 0.29) is 12.5 Å². The third-order valence-corrected chi connectivity index (χ3v) is 2.86. The van der Waals surface area contributed by atoms with Gasteiger partial charge in [0.25, 0.3) is 5.91 Å². The molecule has 1 unspecified atom stereocenters. The highest BCUT2D eigenvalue weighted by atomic mass is 79.9. The molecule has 0 radical (unpaired) electrons. The fourth-order valence-electron chi connectivity index (χ4n) is 1.39. The second kappa shape index (κ2) is 6.51. The van der Waals surface area contributed by atoms with E-state index in [1.807, 2.05) is 6.07 Å².